The van der Waals surface area contributed by atoms with E-state index in [1.807, 2.05) is 0 Å². The van der Waals surface area contributed by atoms with Crippen molar-refractivity contribution >= 4 is 39.2 Å². The molecule has 0 N–H and O–H groups in total. The van der Waals surface area contributed by atoms with E-state index >= 15 is 0 Å². The minimum Gasteiger partial charge on any atom is -0.423 e. The molecule has 0 saturated carbocycles. The number of rotatable bonds is 4. The zero-order valence-corrected chi connectivity index (χ0v) is 17.6. The molecule has 0 radical (unpaired) electrons. The topological polar surface area (TPSA) is 72.9 Å². The van der Waals surface area contributed by atoms with Crippen molar-refractivity contribution in [2.75, 3.05) is 13.1 Å². The Kier molecular flexibility index (Phi) is 6.31. The monoisotopic (exact) mass is 443 g/mol. The van der Waals surface area contributed by atoms with Gasteiger partial charge in [0.1, 0.15) is 10.6 Å². The van der Waals surface area contributed by atoms with E-state index in [1.54, 1.807) is 38.1 Å². The number of nitrogens with zero attached hydrogens (tertiary/aromatic N) is 1. The number of carbonyl (C=O) groups excluding carboxylic acids is 1. The van der Waals surface area contributed by atoms with Gasteiger partial charge in [-0.05, 0) is 56.3 Å². The maximum Gasteiger partial charge on any atom is 0.343 e. The molecule has 9 heteroatoms. The van der Waals surface area contributed by atoms with Crippen molar-refractivity contribution in [3.8, 4) is 5.75 Å². The van der Waals surface area contributed by atoms with Gasteiger partial charge in [0.15, 0.2) is 0 Å². The molecule has 0 spiro atoms. The van der Waals surface area contributed by atoms with Crippen molar-refractivity contribution in [1.82, 2.24) is 4.31 Å². The van der Waals surface area contributed by atoms with Crippen molar-refractivity contribution < 1.29 is 22.7 Å². The van der Waals surface area contributed by atoms with Gasteiger partial charge >= 0.3 is 5.97 Å². The third kappa shape index (κ3) is 4.67. The summed E-state index contributed by atoms with van der Waals surface area (Å²) in [7, 11) is -3.90. The first-order valence-electron chi connectivity index (χ1n) is 8.59. The summed E-state index contributed by atoms with van der Waals surface area (Å²) in [6, 6.07) is 10.3. The molecule has 6 nitrogen and oxygen atoms in total. The highest BCUT2D eigenvalue weighted by molar-refractivity contribution is 7.89. The third-order valence-corrected chi connectivity index (χ3v) is 6.76. The molecule has 150 valence electrons. The zero-order chi connectivity index (χ0) is 20.5. The summed E-state index contributed by atoms with van der Waals surface area (Å²) in [5.74, 6) is -0.399. The Morgan fingerprint density at radius 2 is 1.68 bits per heavy atom. The van der Waals surface area contributed by atoms with Crippen LogP contribution >= 0.6 is 23.2 Å². The Bertz CT molecular complexity index is 968. The number of ether oxygens (including phenoxy) is 2. The van der Waals surface area contributed by atoms with Gasteiger partial charge in [0, 0.05) is 18.1 Å². The van der Waals surface area contributed by atoms with Gasteiger partial charge in [-0.3, -0.25) is 0 Å². The molecule has 1 heterocycles. The zero-order valence-electron chi connectivity index (χ0n) is 15.3. The lowest BCUT2D eigenvalue weighted by Crippen LogP contribution is -2.48. The van der Waals surface area contributed by atoms with Gasteiger partial charge in [0.25, 0.3) is 0 Å². The number of halogens is 2. The lowest BCUT2D eigenvalue weighted by molar-refractivity contribution is -0.0440. The number of carbonyl (C=O) groups is 1. The average Bonchev–Trinajstić information content (AvgIpc) is 2.63. The van der Waals surface area contributed by atoms with Gasteiger partial charge in [0.2, 0.25) is 10.0 Å². The molecule has 2 atom stereocenters. The molecule has 28 heavy (non-hydrogen) atoms. The highest BCUT2D eigenvalue weighted by atomic mass is 35.5. The molecule has 0 aromatic heterocycles. The fourth-order valence-electron chi connectivity index (χ4n) is 2.96. The fraction of sp³-hybridized carbons (Fsp3) is 0.316. The molecule has 3 rings (SSSR count). The Balaban J connectivity index is 1.88. The molecule has 2 aromatic carbocycles. The third-order valence-electron chi connectivity index (χ3n) is 4.20. The quantitative estimate of drug-likeness (QED) is 0.527. The molecule has 2 unspecified atom stereocenters. The highest BCUT2D eigenvalue weighted by Gasteiger charge is 2.34. The number of benzene rings is 2. The second-order valence-electron chi connectivity index (χ2n) is 6.57. The maximum absolute atomic E-state index is 13.1. The van der Waals surface area contributed by atoms with Gasteiger partial charge in [-0.1, -0.05) is 23.2 Å². The van der Waals surface area contributed by atoms with Crippen LogP contribution in [0.2, 0.25) is 10.0 Å². The summed E-state index contributed by atoms with van der Waals surface area (Å²) in [6.45, 7) is 4.03. The molecule has 1 saturated heterocycles. The number of sulfonamides is 1. The lowest BCUT2D eigenvalue weighted by atomic mass is 10.2. The molecule has 0 aliphatic carbocycles. The summed E-state index contributed by atoms with van der Waals surface area (Å²) in [4.78, 5) is 12.3. The minimum absolute atomic E-state index is 0.0369. The van der Waals surface area contributed by atoms with E-state index in [-0.39, 0.29) is 40.8 Å². The van der Waals surface area contributed by atoms with Crippen LogP contribution in [0.5, 0.6) is 5.75 Å². The predicted molar refractivity (Wildman–Crippen MR) is 107 cm³/mol. The largest absolute Gasteiger partial charge is 0.423 e. The molecular formula is C19H19Cl2NO5S. The lowest BCUT2D eigenvalue weighted by Gasteiger charge is -2.34. The first-order chi connectivity index (χ1) is 13.2. The van der Waals surface area contributed by atoms with Crippen LogP contribution in [0.15, 0.2) is 47.4 Å². The summed E-state index contributed by atoms with van der Waals surface area (Å²) >= 11 is 12.0. The molecule has 0 bridgehead atoms. The van der Waals surface area contributed by atoms with Crippen molar-refractivity contribution in [3.63, 3.8) is 0 Å². The minimum atomic E-state index is -3.90. The van der Waals surface area contributed by atoms with Crippen molar-refractivity contribution in [3.05, 3.63) is 58.1 Å². The Hall–Kier alpha value is -1.64. The van der Waals surface area contributed by atoms with Crippen LogP contribution in [0.25, 0.3) is 0 Å². The number of morpholine rings is 1. The standard InChI is InChI=1S/C19H19Cl2NO5S/c1-12-10-22(11-13(2)26-12)28(24,25)18-9-14(3-8-17(18)21)19(23)27-16-6-4-15(20)5-7-16/h3-9,12-13H,10-11H2,1-2H3. The van der Waals surface area contributed by atoms with Gasteiger partial charge in [0.05, 0.1) is 22.8 Å². The van der Waals surface area contributed by atoms with E-state index in [1.165, 1.54) is 22.5 Å². The van der Waals surface area contributed by atoms with Crippen LogP contribution < -0.4 is 4.74 Å². The van der Waals surface area contributed by atoms with Gasteiger partial charge in [-0.25, -0.2) is 13.2 Å². The first kappa shape index (κ1) is 21.1. The summed E-state index contributed by atoms with van der Waals surface area (Å²) in [6.07, 6.45) is -0.481. The molecular weight excluding hydrogens is 425 g/mol. The van der Waals surface area contributed by atoms with Crippen LogP contribution in [-0.2, 0) is 14.8 Å². The fourth-order valence-corrected chi connectivity index (χ4v) is 5.18. The van der Waals surface area contributed by atoms with Crippen molar-refractivity contribution in [2.45, 2.75) is 31.0 Å². The molecule has 0 amide bonds. The Morgan fingerprint density at radius 1 is 1.07 bits per heavy atom. The Labute approximate surface area is 174 Å². The second kappa shape index (κ2) is 8.39. The van der Waals surface area contributed by atoms with Crippen LogP contribution in [0.1, 0.15) is 24.2 Å². The van der Waals surface area contributed by atoms with E-state index in [9.17, 15) is 13.2 Å². The molecule has 1 aliphatic heterocycles. The number of hydrogen-bond acceptors (Lipinski definition) is 5. The summed E-state index contributed by atoms with van der Waals surface area (Å²) in [5, 5.41) is 0.545. The SMILES string of the molecule is CC1CN(S(=O)(=O)c2cc(C(=O)Oc3ccc(Cl)cc3)ccc2Cl)CC(C)O1. The van der Waals surface area contributed by atoms with Crippen LogP contribution in [-0.4, -0.2) is 44.0 Å². The second-order valence-corrected chi connectivity index (χ2v) is 9.32. The van der Waals surface area contributed by atoms with Gasteiger partial charge in [-0.15, -0.1) is 0 Å². The van der Waals surface area contributed by atoms with Gasteiger partial charge in [-0.2, -0.15) is 4.31 Å². The van der Waals surface area contributed by atoms with Crippen LogP contribution in [0, 0.1) is 0 Å². The highest BCUT2D eigenvalue weighted by Crippen LogP contribution is 2.28. The number of esters is 1. The van der Waals surface area contributed by atoms with Crippen LogP contribution in [0.3, 0.4) is 0 Å². The summed E-state index contributed by atoms with van der Waals surface area (Å²) < 4.78 is 38.4. The van der Waals surface area contributed by atoms with E-state index in [0.717, 1.165) is 0 Å². The first-order valence-corrected chi connectivity index (χ1v) is 10.8. The van der Waals surface area contributed by atoms with E-state index in [0.29, 0.717) is 10.8 Å². The van der Waals surface area contributed by atoms with Crippen molar-refractivity contribution in [1.29, 1.82) is 0 Å². The van der Waals surface area contributed by atoms with Gasteiger partial charge < -0.3 is 9.47 Å². The normalized spacial score (nSPS) is 20.7. The van der Waals surface area contributed by atoms with Crippen molar-refractivity contribution in [2.24, 2.45) is 0 Å². The summed E-state index contributed by atoms with van der Waals surface area (Å²) in [5.41, 5.74) is 0.0762. The maximum atomic E-state index is 13.1. The van der Waals surface area contributed by atoms with E-state index in [2.05, 4.69) is 0 Å². The average molecular weight is 444 g/mol. The van der Waals surface area contributed by atoms with E-state index in [4.69, 9.17) is 32.7 Å². The Morgan fingerprint density at radius 3 is 2.29 bits per heavy atom. The number of hydrogen-bond donors (Lipinski definition) is 0. The smallest absolute Gasteiger partial charge is 0.343 e. The van der Waals surface area contributed by atoms with Crippen LogP contribution in [0.4, 0.5) is 0 Å². The molecule has 2 aromatic rings. The molecule has 1 fully saturated rings. The van der Waals surface area contributed by atoms with E-state index < -0.39 is 16.0 Å². The predicted octanol–water partition coefficient (Wildman–Crippen LogP) is 4.01. The molecule has 1 aliphatic rings.